The quantitative estimate of drug-likeness (QED) is 0.800. The molecule has 0 spiro atoms. The maximum Gasteiger partial charge on any atom is 0.338 e. The van der Waals surface area contributed by atoms with Crippen LogP contribution < -0.4 is 10.6 Å². The van der Waals surface area contributed by atoms with Crippen LogP contribution in [0.4, 0.5) is 9.80 Å². The highest BCUT2D eigenvalue weighted by Crippen LogP contribution is 2.32. The number of carbonyl (C=O) groups excluding carboxylic acids is 1. The van der Waals surface area contributed by atoms with E-state index in [1.54, 1.807) is 6.92 Å². The second-order valence-corrected chi connectivity index (χ2v) is 6.69. The fourth-order valence-corrected chi connectivity index (χ4v) is 3.50. The summed E-state index contributed by atoms with van der Waals surface area (Å²) in [5.74, 6) is -1.01. The van der Waals surface area contributed by atoms with Gasteiger partial charge in [0.15, 0.2) is 0 Å². The van der Waals surface area contributed by atoms with Crippen LogP contribution in [0.2, 0.25) is 0 Å². The van der Waals surface area contributed by atoms with E-state index < -0.39 is 5.97 Å². The molecule has 0 bridgehead atoms. The molecular weight excluding hydrogens is 290 g/mol. The van der Waals surface area contributed by atoms with Crippen LogP contribution in [0, 0.1) is 13.8 Å². The summed E-state index contributed by atoms with van der Waals surface area (Å²) in [6, 6.07) is -0.176. The Balaban J connectivity index is 2.00. The molecule has 1 aromatic heterocycles. The van der Waals surface area contributed by atoms with Gasteiger partial charge >= 0.3 is 12.0 Å². The van der Waals surface area contributed by atoms with Crippen molar-refractivity contribution >= 4 is 28.3 Å². The number of urea groups is 1. The summed E-state index contributed by atoms with van der Waals surface area (Å²) in [4.78, 5) is 26.5. The zero-order valence-electron chi connectivity index (χ0n) is 12.5. The number of anilines is 1. The maximum absolute atomic E-state index is 12.0. The molecule has 6 nitrogen and oxygen atoms in total. The molecule has 1 saturated heterocycles. The molecule has 0 atom stereocenters. The Morgan fingerprint density at radius 1 is 1.29 bits per heavy atom. The number of rotatable bonds is 3. The summed E-state index contributed by atoms with van der Waals surface area (Å²) in [6.45, 7) is 5.53. The first-order valence-corrected chi connectivity index (χ1v) is 7.79. The van der Waals surface area contributed by atoms with E-state index >= 15 is 0 Å². The molecule has 0 aliphatic carbocycles. The highest BCUT2D eigenvalue weighted by atomic mass is 32.1. The smallest absolute Gasteiger partial charge is 0.338 e. The molecule has 2 rings (SSSR count). The minimum absolute atomic E-state index is 0.150. The van der Waals surface area contributed by atoms with Gasteiger partial charge in [0.1, 0.15) is 5.00 Å². The number of amides is 2. The SMILES string of the molecule is Cc1sc(NC(=O)NC2CCN(C)CC2)c(C(=O)O)c1C. The molecule has 1 fully saturated rings. The molecule has 1 aliphatic heterocycles. The average molecular weight is 311 g/mol. The predicted octanol–water partition coefficient (Wildman–Crippen LogP) is 2.28. The van der Waals surface area contributed by atoms with E-state index in [1.165, 1.54) is 11.3 Å². The predicted molar refractivity (Wildman–Crippen MR) is 83.4 cm³/mol. The monoisotopic (exact) mass is 311 g/mol. The van der Waals surface area contributed by atoms with Gasteiger partial charge in [0, 0.05) is 10.9 Å². The second-order valence-electron chi connectivity index (χ2n) is 5.47. The third kappa shape index (κ3) is 3.74. The number of likely N-dealkylation sites (tertiary alicyclic amines) is 1. The lowest BCUT2D eigenvalue weighted by Gasteiger charge is -2.29. The van der Waals surface area contributed by atoms with Crippen LogP contribution in [-0.2, 0) is 0 Å². The largest absolute Gasteiger partial charge is 0.478 e. The van der Waals surface area contributed by atoms with Crippen molar-refractivity contribution in [2.75, 3.05) is 25.5 Å². The lowest BCUT2D eigenvalue weighted by molar-refractivity contribution is 0.0697. The lowest BCUT2D eigenvalue weighted by Crippen LogP contribution is -2.44. The van der Waals surface area contributed by atoms with Crippen LogP contribution in [0.3, 0.4) is 0 Å². The minimum atomic E-state index is -1.01. The summed E-state index contributed by atoms with van der Waals surface area (Å²) >= 11 is 1.30. The molecule has 2 amide bonds. The molecule has 0 radical (unpaired) electrons. The molecule has 21 heavy (non-hydrogen) atoms. The molecule has 0 aromatic carbocycles. The Bertz CT molecular complexity index is 548. The molecule has 116 valence electrons. The third-order valence-corrected chi connectivity index (χ3v) is 5.00. The van der Waals surface area contributed by atoms with Crippen molar-refractivity contribution < 1.29 is 14.7 Å². The standard InChI is InChI=1S/C14H21N3O3S/c1-8-9(2)21-12(11(8)13(18)19)16-14(20)15-10-4-6-17(3)7-5-10/h10H,4-7H2,1-3H3,(H,18,19)(H2,15,16,20). The van der Waals surface area contributed by atoms with E-state index in [-0.39, 0.29) is 17.6 Å². The van der Waals surface area contributed by atoms with Crippen LogP contribution in [0.1, 0.15) is 33.6 Å². The lowest BCUT2D eigenvalue weighted by atomic mass is 10.1. The van der Waals surface area contributed by atoms with E-state index in [4.69, 9.17) is 0 Å². The molecular formula is C14H21N3O3S. The van der Waals surface area contributed by atoms with E-state index in [1.807, 2.05) is 6.92 Å². The molecule has 2 heterocycles. The van der Waals surface area contributed by atoms with Crippen molar-refractivity contribution in [1.82, 2.24) is 10.2 Å². The van der Waals surface area contributed by atoms with Gasteiger partial charge in [-0.2, -0.15) is 0 Å². The summed E-state index contributed by atoms with van der Waals surface area (Å²) in [6.07, 6.45) is 1.83. The number of carboxylic acid groups (broad SMARTS) is 1. The first kappa shape index (κ1) is 15.8. The number of thiophene rings is 1. The van der Waals surface area contributed by atoms with Gasteiger partial charge in [-0.1, -0.05) is 0 Å². The van der Waals surface area contributed by atoms with E-state index in [9.17, 15) is 14.7 Å². The minimum Gasteiger partial charge on any atom is -0.478 e. The highest BCUT2D eigenvalue weighted by molar-refractivity contribution is 7.16. The normalized spacial score (nSPS) is 16.7. The zero-order valence-corrected chi connectivity index (χ0v) is 13.3. The van der Waals surface area contributed by atoms with E-state index in [2.05, 4.69) is 22.6 Å². The van der Waals surface area contributed by atoms with Crippen molar-refractivity contribution in [1.29, 1.82) is 0 Å². The van der Waals surface area contributed by atoms with Crippen LogP contribution in [0.15, 0.2) is 0 Å². The molecule has 0 unspecified atom stereocenters. The Kier molecular flexibility index (Phi) is 4.84. The number of nitrogens with one attached hydrogen (secondary N) is 2. The van der Waals surface area contributed by atoms with Crippen molar-refractivity contribution in [3.8, 4) is 0 Å². The summed E-state index contributed by atoms with van der Waals surface area (Å²) in [7, 11) is 2.06. The first-order valence-electron chi connectivity index (χ1n) is 6.97. The number of piperidine rings is 1. The first-order chi connectivity index (χ1) is 9.88. The highest BCUT2D eigenvalue weighted by Gasteiger charge is 2.22. The van der Waals surface area contributed by atoms with Gasteiger partial charge in [-0.25, -0.2) is 9.59 Å². The topological polar surface area (TPSA) is 81.7 Å². The van der Waals surface area contributed by atoms with Crippen LogP contribution in [-0.4, -0.2) is 48.2 Å². The van der Waals surface area contributed by atoms with Gasteiger partial charge in [0.25, 0.3) is 0 Å². The number of aromatic carboxylic acids is 1. The van der Waals surface area contributed by atoms with Gasteiger partial charge in [-0.05, 0) is 52.4 Å². The number of aryl methyl sites for hydroxylation is 1. The Labute approximate surface area is 128 Å². The van der Waals surface area contributed by atoms with Crippen LogP contribution >= 0.6 is 11.3 Å². The molecule has 1 aliphatic rings. The number of hydrogen-bond acceptors (Lipinski definition) is 4. The van der Waals surface area contributed by atoms with Crippen molar-refractivity contribution in [3.63, 3.8) is 0 Å². The van der Waals surface area contributed by atoms with Crippen molar-refractivity contribution in [3.05, 3.63) is 16.0 Å². The number of hydrogen-bond donors (Lipinski definition) is 3. The fraction of sp³-hybridized carbons (Fsp3) is 0.571. The Morgan fingerprint density at radius 3 is 2.48 bits per heavy atom. The molecule has 1 aromatic rings. The van der Waals surface area contributed by atoms with Crippen molar-refractivity contribution in [2.45, 2.75) is 32.7 Å². The van der Waals surface area contributed by atoms with Gasteiger partial charge in [0.2, 0.25) is 0 Å². The van der Waals surface area contributed by atoms with Gasteiger partial charge in [-0.3, -0.25) is 5.32 Å². The molecule has 3 N–H and O–H groups in total. The van der Waals surface area contributed by atoms with Gasteiger partial charge in [-0.15, -0.1) is 11.3 Å². The van der Waals surface area contributed by atoms with Gasteiger partial charge < -0.3 is 15.3 Å². The number of carbonyl (C=O) groups is 2. The average Bonchev–Trinajstić information content (AvgIpc) is 2.67. The number of nitrogens with zero attached hydrogens (tertiary/aromatic N) is 1. The van der Waals surface area contributed by atoms with Gasteiger partial charge in [0.05, 0.1) is 5.56 Å². The zero-order chi connectivity index (χ0) is 15.6. The van der Waals surface area contributed by atoms with Crippen molar-refractivity contribution in [2.24, 2.45) is 0 Å². The maximum atomic E-state index is 12.0. The van der Waals surface area contributed by atoms with E-state index in [0.717, 1.165) is 30.8 Å². The Hall–Kier alpha value is -1.60. The third-order valence-electron chi connectivity index (χ3n) is 3.88. The van der Waals surface area contributed by atoms with E-state index in [0.29, 0.717) is 10.6 Å². The summed E-state index contributed by atoms with van der Waals surface area (Å²) in [5.41, 5.74) is 0.901. The fourth-order valence-electron chi connectivity index (χ4n) is 2.45. The van der Waals surface area contributed by atoms with Crippen LogP contribution in [0.5, 0.6) is 0 Å². The number of carboxylic acids is 1. The summed E-state index contributed by atoms with van der Waals surface area (Å²) < 4.78 is 0. The Morgan fingerprint density at radius 2 is 1.90 bits per heavy atom. The summed E-state index contributed by atoms with van der Waals surface area (Å²) in [5, 5.41) is 15.3. The molecule has 7 heteroatoms. The second kappa shape index (κ2) is 6.44. The van der Waals surface area contributed by atoms with Crippen LogP contribution in [0.25, 0.3) is 0 Å². The molecule has 0 saturated carbocycles.